The molecule has 1 unspecified atom stereocenters. The highest BCUT2D eigenvalue weighted by atomic mass is 32.2. The molecule has 2 aliphatic rings. The minimum atomic E-state index is -0.663. The summed E-state index contributed by atoms with van der Waals surface area (Å²) in [4.78, 5) is 25.7. The van der Waals surface area contributed by atoms with E-state index in [0.29, 0.717) is 22.1 Å². The van der Waals surface area contributed by atoms with E-state index in [1.165, 1.54) is 11.8 Å². The highest BCUT2D eigenvalue weighted by Gasteiger charge is 2.35. The smallest absolute Gasteiger partial charge is 0.235 e. The number of carbonyl (C=O) groups excluding carboxylic acids is 1. The number of benzene rings is 1. The third-order valence-electron chi connectivity index (χ3n) is 6.29. The molecule has 170 valence electrons. The lowest BCUT2D eigenvalue weighted by Crippen LogP contribution is -2.31. The second-order valence-electron chi connectivity index (χ2n) is 8.46. The Bertz CT molecular complexity index is 1100. The van der Waals surface area contributed by atoms with Crippen molar-refractivity contribution in [2.75, 3.05) is 37.6 Å². The van der Waals surface area contributed by atoms with Gasteiger partial charge in [-0.3, -0.25) is 4.79 Å². The lowest BCUT2D eigenvalue weighted by atomic mass is 10.0. The third-order valence-corrected chi connectivity index (χ3v) is 7.55. The molecule has 0 bridgehead atoms. The Balaban J connectivity index is 1.81. The predicted octanol–water partition coefficient (Wildman–Crippen LogP) is 4.23. The van der Waals surface area contributed by atoms with Gasteiger partial charge in [0.15, 0.2) is 0 Å². The molecule has 1 aromatic carbocycles. The maximum absolute atomic E-state index is 12.4. The summed E-state index contributed by atoms with van der Waals surface area (Å²) in [7, 11) is 0. The number of amides is 1. The minimum absolute atomic E-state index is 0.202. The lowest BCUT2D eigenvalue weighted by molar-refractivity contribution is -0.117. The zero-order valence-corrected chi connectivity index (χ0v) is 19.6. The zero-order chi connectivity index (χ0) is 23.4. The van der Waals surface area contributed by atoms with Gasteiger partial charge in [0.2, 0.25) is 11.6 Å². The van der Waals surface area contributed by atoms with Gasteiger partial charge in [0.05, 0.1) is 12.1 Å². The summed E-state index contributed by atoms with van der Waals surface area (Å²) in [5.74, 6) is 0.365. The highest BCUT2D eigenvalue weighted by molar-refractivity contribution is 8.00. The van der Waals surface area contributed by atoms with E-state index in [1.54, 1.807) is 0 Å². The fourth-order valence-corrected chi connectivity index (χ4v) is 5.43. The molecule has 1 saturated heterocycles. The average molecular weight is 461 g/mol. The Morgan fingerprint density at radius 3 is 2.67 bits per heavy atom. The number of carbonyl (C=O) groups is 1. The Labute approximate surface area is 199 Å². The minimum Gasteiger partial charge on any atom is -0.368 e. The van der Waals surface area contributed by atoms with E-state index >= 15 is 0 Å². The first-order chi connectivity index (χ1) is 16.1. The summed E-state index contributed by atoms with van der Waals surface area (Å²) in [5, 5.41) is 9.92. The van der Waals surface area contributed by atoms with E-state index in [1.807, 2.05) is 30.3 Å². The molecule has 2 N–H and O–H groups in total. The largest absolute Gasteiger partial charge is 0.368 e. The number of anilines is 1. The summed E-state index contributed by atoms with van der Waals surface area (Å²) < 4.78 is 0. The van der Waals surface area contributed by atoms with E-state index in [-0.39, 0.29) is 5.92 Å². The van der Waals surface area contributed by atoms with Gasteiger partial charge in [-0.25, -0.2) is 9.83 Å². The number of aromatic nitrogens is 1. The van der Waals surface area contributed by atoms with Gasteiger partial charge in [-0.15, -0.1) is 0 Å². The van der Waals surface area contributed by atoms with Crippen molar-refractivity contribution in [1.82, 2.24) is 9.88 Å². The number of rotatable bonds is 7. The lowest BCUT2D eigenvalue weighted by Gasteiger charge is -2.26. The number of thioether (sulfide) groups is 1. The fourth-order valence-electron chi connectivity index (χ4n) is 4.38. The van der Waals surface area contributed by atoms with Crippen LogP contribution in [0.5, 0.6) is 0 Å². The average Bonchev–Trinajstić information content (AvgIpc) is 3.69. The number of pyridine rings is 1. The molecule has 0 spiro atoms. The molecule has 2 heterocycles. The Kier molecular flexibility index (Phi) is 7.17. The van der Waals surface area contributed by atoms with Gasteiger partial charge in [0, 0.05) is 19.6 Å². The molecular weight excluding hydrogens is 432 g/mol. The van der Waals surface area contributed by atoms with Crippen LogP contribution in [0, 0.1) is 17.9 Å². The summed E-state index contributed by atoms with van der Waals surface area (Å²) in [6, 6.07) is 11.6. The van der Waals surface area contributed by atoms with E-state index in [9.17, 15) is 10.1 Å². The topological polar surface area (TPSA) is 90.6 Å². The fraction of sp³-hybridized carbons (Fsp3) is 0.440. The van der Waals surface area contributed by atoms with E-state index in [0.717, 1.165) is 63.1 Å². The van der Waals surface area contributed by atoms with Crippen LogP contribution in [-0.2, 0) is 4.79 Å². The maximum atomic E-state index is 12.4. The van der Waals surface area contributed by atoms with Gasteiger partial charge in [0.25, 0.3) is 0 Å². The Hall–Kier alpha value is -3.07. The van der Waals surface area contributed by atoms with Gasteiger partial charge in [-0.2, -0.15) is 5.26 Å². The van der Waals surface area contributed by atoms with E-state index in [4.69, 9.17) is 17.3 Å². The first-order valence-corrected chi connectivity index (χ1v) is 12.3. The summed E-state index contributed by atoms with van der Waals surface area (Å²) in [6.45, 7) is 14.6. The van der Waals surface area contributed by atoms with Crippen molar-refractivity contribution in [2.45, 2.75) is 42.4 Å². The maximum Gasteiger partial charge on any atom is 0.235 e. The van der Waals surface area contributed by atoms with Crippen LogP contribution in [0.1, 0.15) is 54.0 Å². The van der Waals surface area contributed by atoms with Crippen LogP contribution < -0.4 is 10.6 Å². The molecule has 1 saturated carbocycles. The number of nitrogens with two attached hydrogens (primary N) is 1. The van der Waals surface area contributed by atoms with Gasteiger partial charge in [0.1, 0.15) is 22.2 Å². The van der Waals surface area contributed by atoms with Crippen LogP contribution in [-0.4, -0.2) is 48.5 Å². The normalized spacial score (nSPS) is 17.6. The van der Waals surface area contributed by atoms with Crippen molar-refractivity contribution in [2.24, 2.45) is 5.73 Å². The first-order valence-electron chi connectivity index (χ1n) is 11.4. The van der Waals surface area contributed by atoms with Gasteiger partial charge in [-0.05, 0) is 49.4 Å². The van der Waals surface area contributed by atoms with Gasteiger partial charge < -0.3 is 15.5 Å². The number of nitrogens with zero attached hydrogens (tertiary/aromatic N) is 5. The molecule has 1 aliphatic carbocycles. The summed E-state index contributed by atoms with van der Waals surface area (Å²) >= 11 is 1.22. The number of hydrogen-bond donors (Lipinski definition) is 1. The van der Waals surface area contributed by atoms with Crippen LogP contribution in [0.3, 0.4) is 0 Å². The molecule has 1 aromatic heterocycles. The first kappa shape index (κ1) is 23.1. The van der Waals surface area contributed by atoms with E-state index < -0.39 is 11.2 Å². The van der Waals surface area contributed by atoms with Crippen LogP contribution in [0.15, 0.2) is 35.4 Å². The third kappa shape index (κ3) is 4.98. The van der Waals surface area contributed by atoms with Crippen LogP contribution in [0.2, 0.25) is 0 Å². The molecular formula is C25H28N6OS. The van der Waals surface area contributed by atoms with Crippen molar-refractivity contribution in [1.29, 1.82) is 5.26 Å². The molecule has 2 aromatic rings. The second kappa shape index (κ2) is 10.2. The van der Waals surface area contributed by atoms with Gasteiger partial charge >= 0.3 is 0 Å². The van der Waals surface area contributed by atoms with Crippen LogP contribution in [0.25, 0.3) is 4.85 Å². The molecule has 7 nitrogen and oxygen atoms in total. The number of nitriles is 1. The van der Waals surface area contributed by atoms with Crippen molar-refractivity contribution in [3.63, 3.8) is 0 Å². The van der Waals surface area contributed by atoms with Crippen LogP contribution in [0.4, 0.5) is 11.5 Å². The molecule has 4 rings (SSSR count). The predicted molar refractivity (Wildman–Crippen MR) is 130 cm³/mol. The SMILES string of the molecule is [C-]#[N+]c1c(N2CCCN(CC)CC2)nc(SC(C(N)=O)c2ccccc2)c(C#N)c1C1CC1. The molecule has 33 heavy (non-hydrogen) atoms. The molecule has 1 atom stereocenters. The summed E-state index contributed by atoms with van der Waals surface area (Å²) in [6.07, 6.45) is 2.92. The molecule has 1 aliphatic heterocycles. The highest BCUT2D eigenvalue weighted by Crippen LogP contribution is 2.51. The quantitative estimate of drug-likeness (QED) is 0.491. The number of primary amides is 1. The molecule has 8 heteroatoms. The number of likely N-dealkylation sites (N-methyl/N-ethyl adjacent to an activating group) is 1. The zero-order valence-electron chi connectivity index (χ0n) is 18.8. The summed E-state index contributed by atoms with van der Waals surface area (Å²) in [5.41, 5.74) is 8.27. The van der Waals surface area contributed by atoms with E-state index in [2.05, 4.69) is 27.6 Å². The van der Waals surface area contributed by atoms with Crippen molar-refractivity contribution in [3.05, 3.63) is 58.4 Å². The molecule has 2 fully saturated rings. The second-order valence-corrected chi connectivity index (χ2v) is 9.56. The van der Waals surface area contributed by atoms with Crippen molar-refractivity contribution in [3.8, 4) is 6.07 Å². The van der Waals surface area contributed by atoms with Crippen molar-refractivity contribution >= 4 is 29.2 Å². The Morgan fingerprint density at radius 2 is 2.06 bits per heavy atom. The number of hydrogen-bond acceptors (Lipinski definition) is 6. The van der Waals surface area contributed by atoms with Gasteiger partial charge in [-0.1, -0.05) is 49.0 Å². The molecule has 1 amide bonds. The standard InChI is InChI=1S/C25H28N6OS/c1-3-30-12-7-13-31(15-14-30)24-21(28-2)20(17-10-11-17)19(16-26)25(29-24)33-22(23(27)32)18-8-5-4-6-9-18/h4-6,8-9,17,22H,3,7,10-15H2,1H3,(H2,27,32). The molecule has 0 radical (unpaired) electrons. The Morgan fingerprint density at radius 1 is 1.30 bits per heavy atom. The monoisotopic (exact) mass is 460 g/mol. The van der Waals surface area contributed by atoms with Crippen molar-refractivity contribution < 1.29 is 4.79 Å². The van der Waals surface area contributed by atoms with Crippen LogP contribution >= 0.6 is 11.8 Å².